The molecule has 0 radical (unpaired) electrons. The van der Waals surface area contributed by atoms with Crippen molar-refractivity contribution in [3.8, 4) is 11.5 Å². The quantitative estimate of drug-likeness (QED) is 0.484. The van der Waals surface area contributed by atoms with Gasteiger partial charge in [-0.25, -0.2) is 4.39 Å². The zero-order valence-electron chi connectivity index (χ0n) is 11.4. The van der Waals surface area contributed by atoms with Crippen molar-refractivity contribution >= 4 is 11.5 Å². The van der Waals surface area contributed by atoms with Crippen LogP contribution in [0.25, 0.3) is 0 Å². The highest BCUT2D eigenvalue weighted by Crippen LogP contribution is 2.30. The van der Waals surface area contributed by atoms with E-state index >= 15 is 0 Å². The van der Waals surface area contributed by atoms with E-state index in [4.69, 9.17) is 4.74 Å². The van der Waals surface area contributed by atoms with Crippen molar-refractivity contribution in [2.75, 3.05) is 0 Å². The van der Waals surface area contributed by atoms with Crippen molar-refractivity contribution in [2.45, 2.75) is 13.8 Å². The third kappa shape index (κ3) is 3.22. The van der Waals surface area contributed by atoms with Gasteiger partial charge in [0.05, 0.1) is 16.6 Å². The van der Waals surface area contributed by atoms with Crippen LogP contribution in [0, 0.1) is 22.9 Å². The van der Waals surface area contributed by atoms with E-state index in [0.29, 0.717) is 5.56 Å². The van der Waals surface area contributed by atoms with E-state index in [9.17, 15) is 19.3 Å². The predicted molar refractivity (Wildman–Crippen MR) is 74.3 cm³/mol. The van der Waals surface area contributed by atoms with Gasteiger partial charge in [-0.05, 0) is 37.6 Å². The number of halogens is 1. The van der Waals surface area contributed by atoms with Crippen LogP contribution in [0.3, 0.4) is 0 Å². The highest BCUT2D eigenvalue weighted by atomic mass is 19.1. The Morgan fingerprint density at radius 3 is 2.62 bits per heavy atom. The predicted octanol–water partition coefficient (Wildman–Crippen LogP) is 4.04. The van der Waals surface area contributed by atoms with Crippen LogP contribution < -0.4 is 4.74 Å². The van der Waals surface area contributed by atoms with E-state index < -0.39 is 10.7 Å². The molecule has 21 heavy (non-hydrogen) atoms. The molecule has 6 heteroatoms. The molecule has 2 aromatic rings. The maximum atomic E-state index is 13.5. The van der Waals surface area contributed by atoms with Gasteiger partial charge in [-0.2, -0.15) is 0 Å². The molecule has 108 valence electrons. The van der Waals surface area contributed by atoms with Gasteiger partial charge in [-0.15, -0.1) is 0 Å². The molecule has 0 aliphatic heterocycles. The van der Waals surface area contributed by atoms with Crippen LogP contribution >= 0.6 is 0 Å². The SMILES string of the molecule is CC(=O)c1cc(F)c(C)cc1Oc1cccc([N+](=O)[O-])c1. The third-order valence-corrected chi connectivity index (χ3v) is 2.90. The highest BCUT2D eigenvalue weighted by Gasteiger charge is 2.14. The number of nitrogens with zero attached hydrogens (tertiary/aromatic N) is 1. The molecule has 0 heterocycles. The van der Waals surface area contributed by atoms with Gasteiger partial charge in [-0.3, -0.25) is 14.9 Å². The molecule has 0 unspecified atom stereocenters. The summed E-state index contributed by atoms with van der Waals surface area (Å²) in [4.78, 5) is 21.7. The Morgan fingerprint density at radius 2 is 2.00 bits per heavy atom. The average Bonchev–Trinajstić information content (AvgIpc) is 2.42. The molecule has 0 aromatic heterocycles. The fourth-order valence-corrected chi connectivity index (χ4v) is 1.80. The minimum Gasteiger partial charge on any atom is -0.456 e. The molecule has 0 fully saturated rings. The second-order valence-electron chi connectivity index (χ2n) is 4.51. The van der Waals surface area contributed by atoms with Gasteiger partial charge < -0.3 is 4.74 Å². The Kier molecular flexibility index (Phi) is 3.98. The van der Waals surface area contributed by atoms with Gasteiger partial charge in [-0.1, -0.05) is 6.07 Å². The van der Waals surface area contributed by atoms with Gasteiger partial charge in [0.15, 0.2) is 5.78 Å². The molecule has 0 aliphatic rings. The third-order valence-electron chi connectivity index (χ3n) is 2.90. The maximum absolute atomic E-state index is 13.5. The van der Waals surface area contributed by atoms with E-state index in [2.05, 4.69) is 0 Å². The van der Waals surface area contributed by atoms with Crippen LogP contribution in [0.4, 0.5) is 10.1 Å². The van der Waals surface area contributed by atoms with E-state index in [1.165, 1.54) is 37.3 Å². The molecule has 0 saturated carbocycles. The summed E-state index contributed by atoms with van der Waals surface area (Å²) in [5.74, 6) is -0.486. The zero-order chi connectivity index (χ0) is 15.6. The number of nitro groups is 1. The van der Waals surface area contributed by atoms with Crippen LogP contribution in [0.1, 0.15) is 22.8 Å². The second kappa shape index (κ2) is 5.70. The van der Waals surface area contributed by atoms with Crippen molar-refractivity contribution < 1.29 is 18.8 Å². The summed E-state index contributed by atoms with van der Waals surface area (Å²) in [6.07, 6.45) is 0. The summed E-state index contributed by atoms with van der Waals surface area (Å²) in [6.45, 7) is 2.84. The van der Waals surface area contributed by atoms with Gasteiger partial charge >= 0.3 is 0 Å². The summed E-state index contributed by atoms with van der Waals surface area (Å²) in [7, 11) is 0. The summed E-state index contributed by atoms with van der Waals surface area (Å²) >= 11 is 0. The van der Waals surface area contributed by atoms with Crippen LogP contribution in [-0.4, -0.2) is 10.7 Å². The molecule has 0 amide bonds. The number of non-ortho nitro benzene ring substituents is 1. The van der Waals surface area contributed by atoms with Crippen molar-refractivity contribution in [1.82, 2.24) is 0 Å². The number of ketones is 1. The average molecular weight is 289 g/mol. The number of Topliss-reactive ketones (excluding diaryl/α,β-unsaturated/α-hetero) is 1. The summed E-state index contributed by atoms with van der Waals surface area (Å²) in [5, 5.41) is 10.7. The molecule has 0 bridgehead atoms. The summed E-state index contributed by atoms with van der Waals surface area (Å²) in [6, 6.07) is 8.05. The standard InChI is InChI=1S/C15H12FNO4/c1-9-6-15(13(10(2)18)8-14(9)16)21-12-5-3-4-11(7-12)17(19)20/h3-8H,1-2H3. The van der Waals surface area contributed by atoms with Crippen LogP contribution in [0.15, 0.2) is 36.4 Å². The Labute approximate surface area is 120 Å². The minimum atomic E-state index is -0.547. The first kappa shape index (κ1) is 14.6. The van der Waals surface area contributed by atoms with Crippen molar-refractivity contribution in [3.63, 3.8) is 0 Å². The molecular formula is C15H12FNO4. The number of benzene rings is 2. The van der Waals surface area contributed by atoms with Crippen LogP contribution in [-0.2, 0) is 0 Å². The molecule has 0 saturated heterocycles. The highest BCUT2D eigenvalue weighted by molar-refractivity contribution is 5.97. The van der Waals surface area contributed by atoms with Gasteiger partial charge in [0.2, 0.25) is 0 Å². The lowest BCUT2D eigenvalue weighted by Gasteiger charge is -2.11. The molecule has 0 aliphatic carbocycles. The number of rotatable bonds is 4. The number of carbonyl (C=O) groups excluding carboxylic acids is 1. The number of hydrogen-bond acceptors (Lipinski definition) is 4. The van der Waals surface area contributed by atoms with Crippen LogP contribution in [0.5, 0.6) is 11.5 Å². The molecule has 0 spiro atoms. The first-order valence-corrected chi connectivity index (χ1v) is 6.12. The first-order chi connectivity index (χ1) is 9.88. The molecule has 0 N–H and O–H groups in total. The second-order valence-corrected chi connectivity index (χ2v) is 4.51. The lowest BCUT2D eigenvalue weighted by molar-refractivity contribution is -0.384. The topological polar surface area (TPSA) is 69.4 Å². The smallest absolute Gasteiger partial charge is 0.273 e. The Bertz CT molecular complexity index is 728. The number of ether oxygens (including phenoxy) is 1. The molecule has 0 atom stereocenters. The van der Waals surface area contributed by atoms with Crippen LogP contribution in [0.2, 0.25) is 0 Å². The van der Waals surface area contributed by atoms with E-state index in [1.807, 2.05) is 0 Å². The molecule has 5 nitrogen and oxygen atoms in total. The Balaban J connectivity index is 2.43. The van der Waals surface area contributed by atoms with E-state index in [0.717, 1.165) is 6.07 Å². The molecular weight excluding hydrogens is 277 g/mol. The zero-order valence-corrected chi connectivity index (χ0v) is 11.4. The number of nitro benzene ring substituents is 1. The maximum Gasteiger partial charge on any atom is 0.273 e. The van der Waals surface area contributed by atoms with Crippen molar-refractivity contribution in [1.29, 1.82) is 0 Å². The van der Waals surface area contributed by atoms with E-state index in [-0.39, 0.29) is 28.5 Å². The van der Waals surface area contributed by atoms with E-state index in [1.54, 1.807) is 6.92 Å². The lowest BCUT2D eigenvalue weighted by Crippen LogP contribution is -2.00. The number of hydrogen-bond donors (Lipinski definition) is 0. The molecule has 2 rings (SSSR count). The number of aryl methyl sites for hydroxylation is 1. The first-order valence-electron chi connectivity index (χ1n) is 6.12. The van der Waals surface area contributed by atoms with Gasteiger partial charge in [0, 0.05) is 6.07 Å². The van der Waals surface area contributed by atoms with Crippen molar-refractivity contribution in [2.24, 2.45) is 0 Å². The largest absolute Gasteiger partial charge is 0.456 e. The fraction of sp³-hybridized carbons (Fsp3) is 0.133. The van der Waals surface area contributed by atoms with Crippen molar-refractivity contribution in [3.05, 3.63) is 63.5 Å². The Hall–Kier alpha value is -2.76. The number of carbonyl (C=O) groups is 1. The lowest BCUT2D eigenvalue weighted by atomic mass is 10.1. The normalized spacial score (nSPS) is 10.2. The molecule has 2 aromatic carbocycles. The summed E-state index contributed by atoms with van der Waals surface area (Å²) in [5.41, 5.74) is 0.278. The van der Waals surface area contributed by atoms with Gasteiger partial charge in [0.1, 0.15) is 17.3 Å². The minimum absolute atomic E-state index is 0.0876. The summed E-state index contributed by atoms with van der Waals surface area (Å²) < 4.78 is 19.0. The monoisotopic (exact) mass is 289 g/mol. The Morgan fingerprint density at radius 1 is 1.29 bits per heavy atom. The van der Waals surface area contributed by atoms with Gasteiger partial charge in [0.25, 0.3) is 5.69 Å². The fourth-order valence-electron chi connectivity index (χ4n) is 1.80.